The Labute approximate surface area is 110 Å². The van der Waals surface area contributed by atoms with Crippen LogP contribution >= 0.6 is 0 Å². The first-order valence-corrected chi connectivity index (χ1v) is 6.68. The first kappa shape index (κ1) is 15.2. The molecule has 1 aliphatic heterocycles. The van der Waals surface area contributed by atoms with Crippen molar-refractivity contribution in [2.75, 3.05) is 19.8 Å². The third kappa shape index (κ3) is 4.46. The molecule has 0 spiro atoms. The van der Waals surface area contributed by atoms with Crippen molar-refractivity contribution in [2.24, 2.45) is 5.73 Å². The van der Waals surface area contributed by atoms with Crippen LogP contribution in [0.2, 0.25) is 0 Å². The van der Waals surface area contributed by atoms with Crippen LogP contribution in [-0.4, -0.2) is 48.4 Å². The highest BCUT2D eigenvalue weighted by molar-refractivity contribution is 5.68. The summed E-state index contributed by atoms with van der Waals surface area (Å²) in [6, 6.07) is -0.128. The van der Waals surface area contributed by atoms with Crippen molar-refractivity contribution in [3.8, 4) is 0 Å². The molecule has 0 bridgehead atoms. The second-order valence-corrected chi connectivity index (χ2v) is 5.77. The van der Waals surface area contributed by atoms with Crippen molar-refractivity contribution in [1.82, 2.24) is 4.90 Å². The van der Waals surface area contributed by atoms with Gasteiger partial charge >= 0.3 is 6.09 Å². The van der Waals surface area contributed by atoms with Gasteiger partial charge in [0.1, 0.15) is 5.60 Å². The van der Waals surface area contributed by atoms with E-state index in [0.717, 1.165) is 12.8 Å². The number of nitrogens with two attached hydrogens (primary N) is 1. The van der Waals surface area contributed by atoms with Crippen molar-refractivity contribution in [1.29, 1.82) is 0 Å². The van der Waals surface area contributed by atoms with Crippen molar-refractivity contribution in [2.45, 2.75) is 58.2 Å². The fraction of sp³-hybridized carbons (Fsp3) is 0.923. The van der Waals surface area contributed by atoms with E-state index in [2.05, 4.69) is 6.92 Å². The SMILES string of the molecule is CCCC(N)C1COCCN1C(=O)OC(C)(C)C. The standard InChI is InChI=1S/C13H26N2O3/c1-5-6-10(14)11-9-17-8-7-15(11)12(16)18-13(2,3)4/h10-11H,5-9,14H2,1-4H3. The quantitative estimate of drug-likeness (QED) is 0.837. The Kier molecular flexibility index (Phi) is 5.41. The fourth-order valence-electron chi connectivity index (χ4n) is 2.05. The predicted octanol–water partition coefficient (Wildman–Crippen LogP) is 1.75. The van der Waals surface area contributed by atoms with Crippen LogP contribution in [0.4, 0.5) is 4.79 Å². The molecule has 1 aliphatic rings. The van der Waals surface area contributed by atoms with Crippen LogP contribution in [0.25, 0.3) is 0 Å². The van der Waals surface area contributed by atoms with Crippen LogP contribution < -0.4 is 5.73 Å². The minimum Gasteiger partial charge on any atom is -0.444 e. The van der Waals surface area contributed by atoms with Gasteiger partial charge in [-0.25, -0.2) is 4.79 Å². The normalized spacial score (nSPS) is 22.7. The van der Waals surface area contributed by atoms with Gasteiger partial charge in [0.2, 0.25) is 0 Å². The molecule has 0 aromatic rings. The first-order chi connectivity index (χ1) is 8.35. The minimum absolute atomic E-state index is 0.0529. The third-order valence-electron chi connectivity index (χ3n) is 2.91. The molecule has 2 unspecified atom stereocenters. The largest absolute Gasteiger partial charge is 0.444 e. The van der Waals surface area contributed by atoms with Crippen LogP contribution in [0.3, 0.4) is 0 Å². The Morgan fingerprint density at radius 3 is 2.78 bits per heavy atom. The Morgan fingerprint density at radius 1 is 1.56 bits per heavy atom. The monoisotopic (exact) mass is 258 g/mol. The number of carbonyl (C=O) groups is 1. The van der Waals surface area contributed by atoms with Crippen molar-refractivity contribution in [3.63, 3.8) is 0 Å². The van der Waals surface area contributed by atoms with E-state index >= 15 is 0 Å². The van der Waals surface area contributed by atoms with E-state index in [-0.39, 0.29) is 18.2 Å². The average Bonchev–Trinajstić information content (AvgIpc) is 2.27. The van der Waals surface area contributed by atoms with Crippen LogP contribution in [0.5, 0.6) is 0 Å². The van der Waals surface area contributed by atoms with E-state index in [1.54, 1.807) is 4.90 Å². The van der Waals surface area contributed by atoms with Gasteiger partial charge in [0.25, 0.3) is 0 Å². The summed E-state index contributed by atoms with van der Waals surface area (Å²) in [5.74, 6) is 0. The van der Waals surface area contributed by atoms with Gasteiger partial charge in [-0.3, -0.25) is 4.90 Å². The van der Waals surface area contributed by atoms with E-state index in [4.69, 9.17) is 15.2 Å². The summed E-state index contributed by atoms with van der Waals surface area (Å²) in [6.45, 7) is 9.29. The molecule has 1 saturated heterocycles. The molecule has 2 N–H and O–H groups in total. The summed E-state index contributed by atoms with van der Waals surface area (Å²) < 4.78 is 10.8. The number of rotatable bonds is 3. The Bertz CT molecular complexity index is 276. The molecule has 2 atom stereocenters. The van der Waals surface area contributed by atoms with Gasteiger partial charge in [0.05, 0.1) is 19.3 Å². The van der Waals surface area contributed by atoms with Crippen LogP contribution in [-0.2, 0) is 9.47 Å². The zero-order chi connectivity index (χ0) is 13.8. The van der Waals surface area contributed by atoms with Gasteiger partial charge in [0.15, 0.2) is 0 Å². The number of nitrogens with zero attached hydrogens (tertiary/aromatic N) is 1. The molecule has 5 heteroatoms. The molecule has 0 saturated carbocycles. The topological polar surface area (TPSA) is 64.8 Å². The maximum Gasteiger partial charge on any atom is 0.410 e. The molecule has 0 radical (unpaired) electrons. The number of hydrogen-bond acceptors (Lipinski definition) is 4. The lowest BCUT2D eigenvalue weighted by Crippen LogP contribution is -2.57. The number of amides is 1. The number of ether oxygens (including phenoxy) is 2. The highest BCUT2D eigenvalue weighted by Crippen LogP contribution is 2.17. The minimum atomic E-state index is -0.477. The lowest BCUT2D eigenvalue weighted by atomic mass is 10.0. The van der Waals surface area contributed by atoms with Gasteiger partial charge in [-0.1, -0.05) is 13.3 Å². The zero-order valence-electron chi connectivity index (χ0n) is 11.9. The summed E-state index contributed by atoms with van der Waals surface area (Å²) in [4.78, 5) is 13.8. The summed E-state index contributed by atoms with van der Waals surface area (Å²) in [7, 11) is 0. The second-order valence-electron chi connectivity index (χ2n) is 5.77. The Morgan fingerprint density at radius 2 is 2.22 bits per heavy atom. The molecule has 1 rings (SSSR count). The van der Waals surface area contributed by atoms with E-state index in [0.29, 0.717) is 19.8 Å². The van der Waals surface area contributed by atoms with Gasteiger partial charge in [-0.15, -0.1) is 0 Å². The average molecular weight is 258 g/mol. The van der Waals surface area contributed by atoms with Gasteiger partial charge < -0.3 is 15.2 Å². The first-order valence-electron chi connectivity index (χ1n) is 6.68. The summed E-state index contributed by atoms with van der Waals surface area (Å²) in [6.07, 6.45) is 1.59. The number of carbonyl (C=O) groups excluding carboxylic acids is 1. The van der Waals surface area contributed by atoms with E-state index in [1.807, 2.05) is 20.8 Å². The fourth-order valence-corrected chi connectivity index (χ4v) is 2.05. The van der Waals surface area contributed by atoms with Crippen molar-refractivity contribution < 1.29 is 14.3 Å². The summed E-state index contributed by atoms with van der Waals surface area (Å²) in [5, 5.41) is 0. The Balaban J connectivity index is 2.67. The highest BCUT2D eigenvalue weighted by atomic mass is 16.6. The zero-order valence-corrected chi connectivity index (χ0v) is 11.9. The molecule has 1 heterocycles. The van der Waals surface area contributed by atoms with Crippen molar-refractivity contribution >= 4 is 6.09 Å². The van der Waals surface area contributed by atoms with Crippen molar-refractivity contribution in [3.05, 3.63) is 0 Å². The maximum absolute atomic E-state index is 12.1. The van der Waals surface area contributed by atoms with Crippen LogP contribution in [0.15, 0.2) is 0 Å². The molecule has 5 nitrogen and oxygen atoms in total. The van der Waals surface area contributed by atoms with E-state index in [1.165, 1.54) is 0 Å². The molecule has 0 aliphatic carbocycles. The molecule has 1 fully saturated rings. The molecule has 106 valence electrons. The lowest BCUT2D eigenvalue weighted by Gasteiger charge is -2.39. The molecule has 1 amide bonds. The molecular formula is C13H26N2O3. The second kappa shape index (κ2) is 6.38. The number of morpholine rings is 1. The summed E-state index contributed by atoms with van der Waals surface area (Å²) >= 11 is 0. The third-order valence-corrected chi connectivity index (χ3v) is 2.91. The van der Waals surface area contributed by atoms with Gasteiger partial charge in [0, 0.05) is 12.6 Å². The van der Waals surface area contributed by atoms with Gasteiger partial charge in [-0.2, -0.15) is 0 Å². The maximum atomic E-state index is 12.1. The smallest absolute Gasteiger partial charge is 0.410 e. The number of hydrogen-bond donors (Lipinski definition) is 1. The Hall–Kier alpha value is -0.810. The summed E-state index contributed by atoms with van der Waals surface area (Å²) in [5.41, 5.74) is 5.64. The van der Waals surface area contributed by atoms with E-state index in [9.17, 15) is 4.79 Å². The van der Waals surface area contributed by atoms with Gasteiger partial charge in [-0.05, 0) is 27.2 Å². The lowest BCUT2D eigenvalue weighted by molar-refractivity contribution is -0.0385. The molecule has 0 aromatic carbocycles. The predicted molar refractivity (Wildman–Crippen MR) is 70.4 cm³/mol. The van der Waals surface area contributed by atoms with Crippen LogP contribution in [0.1, 0.15) is 40.5 Å². The molecule has 18 heavy (non-hydrogen) atoms. The van der Waals surface area contributed by atoms with E-state index < -0.39 is 5.60 Å². The highest BCUT2D eigenvalue weighted by Gasteiger charge is 2.34. The molecule has 0 aromatic heterocycles. The van der Waals surface area contributed by atoms with Crippen LogP contribution in [0, 0.1) is 0 Å². The molecular weight excluding hydrogens is 232 g/mol.